The number of hydrogen-bond donors (Lipinski definition) is 3. The summed E-state index contributed by atoms with van der Waals surface area (Å²) in [6, 6.07) is 12.4. The SMILES string of the molecule is Cl.Cl.N[C@@H](CS)C(=O)Oc1ccc(-c2cc3cccnc3[nH]2)cc1. The van der Waals surface area contributed by atoms with Gasteiger partial charge in [-0.05, 0) is 48.0 Å². The summed E-state index contributed by atoms with van der Waals surface area (Å²) in [5, 5.41) is 1.05. The van der Waals surface area contributed by atoms with Crippen LogP contribution in [-0.4, -0.2) is 27.7 Å². The Morgan fingerprint density at radius 3 is 2.58 bits per heavy atom. The summed E-state index contributed by atoms with van der Waals surface area (Å²) in [7, 11) is 0. The van der Waals surface area contributed by atoms with E-state index in [2.05, 4.69) is 22.6 Å². The quantitative estimate of drug-likeness (QED) is 0.365. The number of benzene rings is 1. The second-order valence-electron chi connectivity index (χ2n) is 4.86. The Hall–Kier alpha value is -1.73. The van der Waals surface area contributed by atoms with Crippen molar-refractivity contribution in [2.45, 2.75) is 6.04 Å². The van der Waals surface area contributed by atoms with Crippen LogP contribution in [0, 0.1) is 0 Å². The minimum absolute atomic E-state index is 0. The smallest absolute Gasteiger partial charge is 0.329 e. The topological polar surface area (TPSA) is 81.0 Å². The van der Waals surface area contributed by atoms with E-state index in [9.17, 15) is 4.79 Å². The number of hydrogen-bond acceptors (Lipinski definition) is 5. The zero-order chi connectivity index (χ0) is 15.5. The number of nitrogens with two attached hydrogens (primary N) is 1. The lowest BCUT2D eigenvalue weighted by atomic mass is 10.1. The number of halogens is 2. The number of aromatic nitrogens is 2. The number of rotatable bonds is 4. The molecule has 0 saturated carbocycles. The van der Waals surface area contributed by atoms with Crippen LogP contribution in [0.3, 0.4) is 0 Å². The number of esters is 1. The molecule has 3 aromatic rings. The first-order chi connectivity index (χ1) is 10.7. The van der Waals surface area contributed by atoms with Gasteiger partial charge in [-0.25, -0.2) is 9.78 Å². The van der Waals surface area contributed by atoms with E-state index in [1.807, 2.05) is 30.3 Å². The van der Waals surface area contributed by atoms with Crippen molar-refractivity contribution >= 4 is 54.4 Å². The Morgan fingerprint density at radius 1 is 1.25 bits per heavy atom. The van der Waals surface area contributed by atoms with Crippen LogP contribution in [0.1, 0.15) is 0 Å². The van der Waals surface area contributed by atoms with Crippen molar-refractivity contribution in [3.8, 4) is 17.0 Å². The predicted molar refractivity (Wildman–Crippen MR) is 103 cm³/mol. The van der Waals surface area contributed by atoms with Crippen LogP contribution in [0.5, 0.6) is 5.75 Å². The Labute approximate surface area is 157 Å². The maximum Gasteiger partial charge on any atom is 0.329 e. The summed E-state index contributed by atoms with van der Waals surface area (Å²) in [6.07, 6.45) is 1.75. The maximum absolute atomic E-state index is 11.6. The highest BCUT2D eigenvalue weighted by atomic mass is 35.5. The molecule has 3 N–H and O–H groups in total. The van der Waals surface area contributed by atoms with Crippen LogP contribution in [0.15, 0.2) is 48.7 Å². The molecule has 0 unspecified atom stereocenters. The second kappa shape index (κ2) is 8.94. The molecule has 3 rings (SSSR count). The number of aromatic amines is 1. The fourth-order valence-electron chi connectivity index (χ4n) is 2.08. The van der Waals surface area contributed by atoms with Crippen LogP contribution in [0.25, 0.3) is 22.3 Å². The third-order valence-electron chi connectivity index (χ3n) is 3.28. The first-order valence-electron chi connectivity index (χ1n) is 6.79. The van der Waals surface area contributed by atoms with Gasteiger partial charge in [0, 0.05) is 23.0 Å². The number of carbonyl (C=O) groups excluding carboxylic acids is 1. The Balaban J connectivity index is 0.00000144. The van der Waals surface area contributed by atoms with Crippen molar-refractivity contribution in [3.05, 3.63) is 48.7 Å². The first-order valence-corrected chi connectivity index (χ1v) is 7.43. The van der Waals surface area contributed by atoms with Gasteiger partial charge in [0.05, 0.1) is 0 Å². The Morgan fingerprint density at radius 2 is 1.96 bits per heavy atom. The van der Waals surface area contributed by atoms with E-state index in [0.717, 1.165) is 22.3 Å². The van der Waals surface area contributed by atoms with Gasteiger partial charge in [-0.2, -0.15) is 12.6 Å². The minimum Gasteiger partial charge on any atom is -0.425 e. The van der Waals surface area contributed by atoms with Crippen molar-refractivity contribution in [2.24, 2.45) is 5.73 Å². The summed E-state index contributed by atoms with van der Waals surface area (Å²) in [5.74, 6) is 0.219. The fourth-order valence-corrected chi connectivity index (χ4v) is 2.23. The highest BCUT2D eigenvalue weighted by Gasteiger charge is 2.14. The highest BCUT2D eigenvalue weighted by Crippen LogP contribution is 2.25. The molecule has 24 heavy (non-hydrogen) atoms. The number of carbonyl (C=O) groups is 1. The predicted octanol–water partition coefficient (Wildman–Crippen LogP) is 3.24. The monoisotopic (exact) mass is 385 g/mol. The van der Waals surface area contributed by atoms with Crippen molar-refractivity contribution in [3.63, 3.8) is 0 Å². The average Bonchev–Trinajstić information content (AvgIpc) is 2.98. The molecule has 5 nitrogen and oxygen atoms in total. The molecule has 0 aliphatic rings. The van der Waals surface area contributed by atoms with Gasteiger partial charge in [-0.1, -0.05) is 0 Å². The molecule has 128 valence electrons. The molecule has 2 aromatic heterocycles. The van der Waals surface area contributed by atoms with E-state index in [4.69, 9.17) is 10.5 Å². The third-order valence-corrected chi connectivity index (χ3v) is 3.67. The largest absolute Gasteiger partial charge is 0.425 e. The summed E-state index contributed by atoms with van der Waals surface area (Å²) in [4.78, 5) is 19.1. The lowest BCUT2D eigenvalue weighted by Crippen LogP contribution is -2.35. The van der Waals surface area contributed by atoms with Crippen molar-refractivity contribution in [1.29, 1.82) is 0 Å². The van der Waals surface area contributed by atoms with Crippen LogP contribution in [0.4, 0.5) is 0 Å². The van der Waals surface area contributed by atoms with E-state index >= 15 is 0 Å². The first kappa shape index (κ1) is 20.3. The molecule has 0 aliphatic heterocycles. The molecule has 0 aliphatic carbocycles. The third kappa shape index (κ3) is 4.42. The fraction of sp³-hybridized carbons (Fsp3) is 0.125. The Bertz CT molecular complexity index is 775. The number of nitrogens with one attached hydrogen (secondary N) is 1. The minimum atomic E-state index is -0.720. The van der Waals surface area contributed by atoms with Crippen molar-refractivity contribution in [2.75, 3.05) is 5.75 Å². The summed E-state index contributed by atoms with van der Waals surface area (Å²) in [6.45, 7) is 0. The zero-order valence-electron chi connectivity index (χ0n) is 12.5. The zero-order valence-corrected chi connectivity index (χ0v) is 15.0. The normalized spacial score (nSPS) is 11.2. The highest BCUT2D eigenvalue weighted by molar-refractivity contribution is 7.80. The van der Waals surface area contributed by atoms with Gasteiger partial charge >= 0.3 is 5.97 Å². The summed E-state index contributed by atoms with van der Waals surface area (Å²) >= 11 is 3.97. The Kier molecular flexibility index (Phi) is 7.57. The van der Waals surface area contributed by atoms with Gasteiger partial charge in [-0.15, -0.1) is 24.8 Å². The maximum atomic E-state index is 11.6. The molecule has 1 atom stereocenters. The van der Waals surface area contributed by atoms with Gasteiger partial charge in [0.25, 0.3) is 0 Å². The molecule has 0 saturated heterocycles. The number of nitrogens with zero attached hydrogens (tertiary/aromatic N) is 1. The number of ether oxygens (including phenoxy) is 1. The van der Waals surface area contributed by atoms with E-state index in [-0.39, 0.29) is 30.6 Å². The van der Waals surface area contributed by atoms with Crippen LogP contribution in [-0.2, 0) is 4.79 Å². The van der Waals surface area contributed by atoms with Gasteiger partial charge in [0.2, 0.25) is 0 Å². The standard InChI is InChI=1S/C16H15N3O2S.2ClH/c17-13(9-22)16(20)21-12-5-3-10(4-6-12)14-8-11-2-1-7-18-15(11)19-14;;/h1-8,13,22H,9,17H2,(H,18,19);2*1H/t13-;;/m0../s1. The number of pyridine rings is 1. The number of H-pyrrole nitrogens is 1. The molecule has 2 heterocycles. The lowest BCUT2D eigenvalue weighted by molar-refractivity contribution is -0.135. The van der Waals surface area contributed by atoms with Gasteiger partial charge in [0.1, 0.15) is 17.4 Å². The molecule has 8 heteroatoms. The molecule has 0 amide bonds. The summed E-state index contributed by atoms with van der Waals surface area (Å²) in [5.41, 5.74) is 8.35. The van der Waals surface area contributed by atoms with Crippen LogP contribution in [0.2, 0.25) is 0 Å². The average molecular weight is 386 g/mol. The van der Waals surface area contributed by atoms with E-state index in [1.54, 1.807) is 18.3 Å². The second-order valence-corrected chi connectivity index (χ2v) is 5.22. The van der Waals surface area contributed by atoms with Crippen molar-refractivity contribution in [1.82, 2.24) is 9.97 Å². The molecule has 0 fully saturated rings. The molecule has 0 bridgehead atoms. The van der Waals surface area contributed by atoms with Gasteiger partial charge in [0.15, 0.2) is 0 Å². The van der Waals surface area contributed by atoms with E-state index in [1.165, 1.54) is 0 Å². The molecule has 0 spiro atoms. The number of fused-ring (bicyclic) bond motifs is 1. The summed E-state index contributed by atoms with van der Waals surface area (Å²) < 4.78 is 5.18. The lowest BCUT2D eigenvalue weighted by Gasteiger charge is -2.08. The van der Waals surface area contributed by atoms with Crippen LogP contribution >= 0.6 is 37.4 Å². The molecule has 0 radical (unpaired) electrons. The van der Waals surface area contributed by atoms with E-state index < -0.39 is 12.0 Å². The number of thiol groups is 1. The van der Waals surface area contributed by atoms with Crippen LogP contribution < -0.4 is 10.5 Å². The molecular formula is C16H17Cl2N3O2S. The van der Waals surface area contributed by atoms with Gasteiger partial charge < -0.3 is 15.5 Å². The van der Waals surface area contributed by atoms with Crippen molar-refractivity contribution < 1.29 is 9.53 Å². The van der Waals surface area contributed by atoms with E-state index in [0.29, 0.717) is 5.75 Å². The van der Waals surface area contributed by atoms with Gasteiger partial charge in [-0.3, -0.25) is 0 Å². The molecular weight excluding hydrogens is 369 g/mol. The molecule has 1 aromatic carbocycles.